The van der Waals surface area contributed by atoms with E-state index in [1.165, 1.54) is 29.9 Å². The molecule has 0 N–H and O–H groups in total. The van der Waals surface area contributed by atoms with E-state index in [4.69, 9.17) is 0 Å². The Balaban J connectivity index is 2.64. The van der Waals surface area contributed by atoms with Gasteiger partial charge in [-0.05, 0) is 25.0 Å². The minimum absolute atomic E-state index is 1.51. The SMILES string of the molecule is Cc1c2ssc2c(C)c2ssc12. The zero-order valence-corrected chi connectivity index (χ0v) is 9.90. The van der Waals surface area contributed by atoms with E-state index < -0.39 is 0 Å². The van der Waals surface area contributed by atoms with Gasteiger partial charge in [0, 0.05) is 0 Å². The average molecular weight is 230 g/mol. The van der Waals surface area contributed by atoms with Gasteiger partial charge in [-0.3, -0.25) is 0 Å². The Hall–Kier alpha value is 0.100. The highest BCUT2D eigenvalue weighted by atomic mass is 32.9. The summed E-state index contributed by atoms with van der Waals surface area (Å²) in [6, 6.07) is 0. The van der Waals surface area contributed by atoms with Gasteiger partial charge in [0.1, 0.15) is 0 Å². The number of hydrogen-bond acceptors (Lipinski definition) is 4. The largest absolute Gasteiger partial charge is 0.0782 e. The Labute approximate surface area is 84.8 Å². The van der Waals surface area contributed by atoms with Gasteiger partial charge in [0.05, 0.1) is 18.8 Å². The van der Waals surface area contributed by atoms with E-state index >= 15 is 0 Å². The van der Waals surface area contributed by atoms with Crippen molar-refractivity contribution in [3.05, 3.63) is 11.1 Å². The molecule has 0 spiro atoms. The number of fused-ring (bicyclic) bond motifs is 2. The summed E-state index contributed by atoms with van der Waals surface area (Å²) in [4.78, 5) is 0. The van der Waals surface area contributed by atoms with Crippen LogP contribution < -0.4 is 0 Å². The highest BCUT2D eigenvalue weighted by Gasteiger charge is 2.15. The molecule has 3 rings (SSSR count). The van der Waals surface area contributed by atoms with Crippen LogP contribution in [0, 0.1) is 13.8 Å². The van der Waals surface area contributed by atoms with Crippen molar-refractivity contribution < 1.29 is 0 Å². The Kier molecular flexibility index (Phi) is 1.45. The van der Waals surface area contributed by atoms with Gasteiger partial charge < -0.3 is 0 Å². The van der Waals surface area contributed by atoms with Crippen molar-refractivity contribution in [2.24, 2.45) is 0 Å². The third-order valence-corrected chi connectivity index (χ3v) is 7.82. The lowest BCUT2D eigenvalue weighted by atomic mass is 10.2. The van der Waals surface area contributed by atoms with Crippen LogP contribution in [0.15, 0.2) is 0 Å². The molecule has 4 heteroatoms. The van der Waals surface area contributed by atoms with Gasteiger partial charge in [-0.25, -0.2) is 0 Å². The van der Waals surface area contributed by atoms with Gasteiger partial charge in [0.2, 0.25) is 0 Å². The molecule has 3 aromatic rings. The van der Waals surface area contributed by atoms with E-state index in [2.05, 4.69) is 13.8 Å². The molecule has 0 aliphatic rings. The second-order valence-electron chi connectivity index (χ2n) is 2.90. The first-order valence-corrected chi connectivity index (χ1v) is 7.95. The summed E-state index contributed by atoms with van der Waals surface area (Å²) in [5.41, 5.74) is 3.02. The molecule has 0 saturated carbocycles. The lowest BCUT2D eigenvalue weighted by Gasteiger charge is -2.12. The highest BCUT2D eigenvalue weighted by molar-refractivity contribution is 7.80. The maximum atomic E-state index is 2.25. The van der Waals surface area contributed by atoms with Crippen LogP contribution in [0.3, 0.4) is 0 Å². The van der Waals surface area contributed by atoms with E-state index in [-0.39, 0.29) is 0 Å². The third kappa shape index (κ3) is 0.719. The Morgan fingerprint density at radius 3 is 1.00 bits per heavy atom. The van der Waals surface area contributed by atoms with Gasteiger partial charge in [-0.2, -0.15) is 0 Å². The summed E-state index contributed by atoms with van der Waals surface area (Å²) in [6.07, 6.45) is 0. The molecule has 0 amide bonds. The van der Waals surface area contributed by atoms with E-state index in [1.807, 2.05) is 41.4 Å². The minimum atomic E-state index is 1.51. The monoisotopic (exact) mass is 230 g/mol. The molecule has 0 aliphatic heterocycles. The Bertz CT molecular complexity index is 449. The predicted octanol–water partition coefficient (Wildman–Crippen LogP) is 4.86. The standard InChI is InChI=1S/C8H6S4/c1-3-5-7(11-9-5)4(2)8-6(3)10-12-8/h1-2H3. The van der Waals surface area contributed by atoms with Crippen molar-refractivity contribution in [1.29, 1.82) is 0 Å². The van der Waals surface area contributed by atoms with Crippen LogP contribution in [0.2, 0.25) is 0 Å². The Morgan fingerprint density at radius 2 is 0.833 bits per heavy atom. The number of hydrogen-bond donors (Lipinski definition) is 0. The molecule has 62 valence electrons. The Morgan fingerprint density at radius 1 is 0.583 bits per heavy atom. The molecule has 12 heavy (non-hydrogen) atoms. The van der Waals surface area contributed by atoms with Crippen molar-refractivity contribution in [2.75, 3.05) is 0 Å². The molecule has 2 heterocycles. The van der Waals surface area contributed by atoms with E-state index in [1.54, 1.807) is 0 Å². The van der Waals surface area contributed by atoms with Gasteiger partial charge in [0.15, 0.2) is 0 Å². The highest BCUT2D eigenvalue weighted by Crippen LogP contribution is 2.47. The van der Waals surface area contributed by atoms with Crippen molar-refractivity contribution >= 4 is 60.2 Å². The fourth-order valence-corrected chi connectivity index (χ4v) is 6.54. The molecular formula is C8H6S4. The van der Waals surface area contributed by atoms with Crippen LogP contribution in [0.5, 0.6) is 0 Å². The second kappa shape index (κ2) is 2.32. The molecule has 0 nitrogen and oxygen atoms in total. The number of benzene rings is 1. The van der Waals surface area contributed by atoms with Crippen LogP contribution in [0.25, 0.3) is 18.8 Å². The van der Waals surface area contributed by atoms with Crippen LogP contribution in [0.4, 0.5) is 0 Å². The van der Waals surface area contributed by atoms with Crippen molar-refractivity contribution in [3.63, 3.8) is 0 Å². The third-order valence-electron chi connectivity index (χ3n) is 2.19. The quantitative estimate of drug-likeness (QED) is 0.484. The normalized spacial score (nSPS) is 12.2. The summed E-state index contributed by atoms with van der Waals surface area (Å²) in [6.45, 7) is 4.49. The van der Waals surface area contributed by atoms with E-state index in [0.717, 1.165) is 0 Å². The smallest absolute Gasteiger partial charge is 0.0605 e. The molecule has 1 aromatic carbocycles. The van der Waals surface area contributed by atoms with E-state index in [0.29, 0.717) is 0 Å². The first-order valence-electron chi connectivity index (χ1n) is 3.65. The van der Waals surface area contributed by atoms with Gasteiger partial charge in [0.25, 0.3) is 0 Å². The summed E-state index contributed by atoms with van der Waals surface area (Å²) < 4.78 is 6.13. The molecule has 2 aromatic heterocycles. The summed E-state index contributed by atoms with van der Waals surface area (Å²) in [5, 5.41) is 0. The zero-order valence-electron chi connectivity index (χ0n) is 6.63. The lowest BCUT2D eigenvalue weighted by Crippen LogP contribution is -1.84. The molecule has 0 aliphatic carbocycles. The topological polar surface area (TPSA) is 0 Å². The molecule has 0 saturated heterocycles. The summed E-state index contributed by atoms with van der Waals surface area (Å²) in [5.74, 6) is 0. The van der Waals surface area contributed by atoms with Crippen LogP contribution in [0.1, 0.15) is 11.1 Å². The number of rotatable bonds is 0. The number of aryl methyl sites for hydroxylation is 2. The zero-order chi connectivity index (χ0) is 8.29. The van der Waals surface area contributed by atoms with Gasteiger partial charge in [-0.15, -0.1) is 0 Å². The first kappa shape index (κ1) is 7.50. The molecule has 0 unspecified atom stereocenters. The van der Waals surface area contributed by atoms with Crippen LogP contribution >= 0.6 is 41.4 Å². The fraction of sp³-hybridized carbons (Fsp3) is 0.250. The van der Waals surface area contributed by atoms with Crippen molar-refractivity contribution in [2.45, 2.75) is 13.8 Å². The maximum absolute atomic E-state index is 2.25. The fourth-order valence-electron chi connectivity index (χ4n) is 1.39. The van der Waals surface area contributed by atoms with E-state index in [9.17, 15) is 0 Å². The second-order valence-corrected chi connectivity index (χ2v) is 7.20. The lowest BCUT2D eigenvalue weighted by molar-refractivity contribution is 1.60. The van der Waals surface area contributed by atoms with Gasteiger partial charge in [-0.1, -0.05) is 41.4 Å². The van der Waals surface area contributed by atoms with Gasteiger partial charge >= 0.3 is 0 Å². The molecule has 0 bridgehead atoms. The summed E-state index contributed by atoms with van der Waals surface area (Å²) in [7, 11) is 7.69. The molecule has 0 radical (unpaired) electrons. The van der Waals surface area contributed by atoms with Crippen molar-refractivity contribution in [1.82, 2.24) is 0 Å². The van der Waals surface area contributed by atoms with Crippen LogP contribution in [-0.2, 0) is 0 Å². The molecular weight excluding hydrogens is 224 g/mol. The predicted molar refractivity (Wildman–Crippen MR) is 62.4 cm³/mol. The van der Waals surface area contributed by atoms with Crippen LogP contribution in [-0.4, -0.2) is 0 Å². The minimum Gasteiger partial charge on any atom is -0.0782 e. The summed E-state index contributed by atoms with van der Waals surface area (Å²) >= 11 is 0. The maximum Gasteiger partial charge on any atom is 0.0605 e. The van der Waals surface area contributed by atoms with Crippen molar-refractivity contribution in [3.8, 4) is 0 Å². The molecule has 0 fully saturated rings. The average Bonchev–Trinajstić information content (AvgIpc) is 1.78. The molecule has 0 atom stereocenters. The first-order chi connectivity index (χ1) is 5.79.